The van der Waals surface area contributed by atoms with Gasteiger partial charge >= 0.3 is 11.9 Å². The Morgan fingerprint density at radius 1 is 1.44 bits per heavy atom. The van der Waals surface area contributed by atoms with E-state index in [0.29, 0.717) is 11.4 Å². The smallest absolute Gasteiger partial charge is 0.342 e. The topological polar surface area (TPSA) is 72.9 Å². The van der Waals surface area contributed by atoms with Gasteiger partial charge in [-0.15, -0.1) is 0 Å². The third-order valence-corrected chi connectivity index (χ3v) is 4.62. The molecule has 9 heteroatoms. The van der Waals surface area contributed by atoms with Gasteiger partial charge in [0.1, 0.15) is 11.4 Å². The van der Waals surface area contributed by atoms with Gasteiger partial charge in [-0.3, -0.25) is 4.79 Å². The molecule has 0 radical (unpaired) electrons. The van der Waals surface area contributed by atoms with E-state index in [4.69, 9.17) is 16.3 Å². The number of methoxy groups -OCH3 is 1. The SMILES string of the molecule is COC(=O)/C=C1/SCC(=O)N1CCCOC(=O)c1c(F)cccc1Cl. The number of rotatable bonds is 6. The van der Waals surface area contributed by atoms with Crippen LogP contribution in [0.2, 0.25) is 5.02 Å². The maximum atomic E-state index is 13.6. The van der Waals surface area contributed by atoms with E-state index in [1.807, 2.05) is 0 Å². The summed E-state index contributed by atoms with van der Waals surface area (Å²) in [6, 6.07) is 3.90. The van der Waals surface area contributed by atoms with E-state index in [9.17, 15) is 18.8 Å². The van der Waals surface area contributed by atoms with E-state index in [2.05, 4.69) is 4.74 Å². The second kappa shape index (κ2) is 8.87. The van der Waals surface area contributed by atoms with Crippen molar-refractivity contribution in [3.05, 3.63) is 45.7 Å². The zero-order valence-corrected chi connectivity index (χ0v) is 14.9. The first-order chi connectivity index (χ1) is 11.9. The molecule has 0 atom stereocenters. The molecule has 0 aromatic heterocycles. The van der Waals surface area contributed by atoms with Gasteiger partial charge in [0.25, 0.3) is 0 Å². The van der Waals surface area contributed by atoms with E-state index in [-0.39, 0.29) is 35.4 Å². The van der Waals surface area contributed by atoms with Gasteiger partial charge in [-0.2, -0.15) is 0 Å². The van der Waals surface area contributed by atoms with Crippen LogP contribution in [0.5, 0.6) is 0 Å². The number of esters is 2. The maximum absolute atomic E-state index is 13.6. The summed E-state index contributed by atoms with van der Waals surface area (Å²) in [6.45, 7) is 0.233. The molecule has 0 bridgehead atoms. The fraction of sp³-hybridized carbons (Fsp3) is 0.312. The highest BCUT2D eigenvalue weighted by Gasteiger charge is 2.27. The van der Waals surface area contributed by atoms with Crippen molar-refractivity contribution in [3.8, 4) is 0 Å². The van der Waals surface area contributed by atoms with Gasteiger partial charge < -0.3 is 14.4 Å². The van der Waals surface area contributed by atoms with Crippen LogP contribution in [0.15, 0.2) is 29.3 Å². The van der Waals surface area contributed by atoms with Crippen LogP contribution in [0.1, 0.15) is 16.8 Å². The highest BCUT2D eigenvalue weighted by molar-refractivity contribution is 8.04. The first-order valence-electron chi connectivity index (χ1n) is 7.28. The lowest BCUT2D eigenvalue weighted by atomic mass is 10.2. The number of halogens is 2. The Labute approximate surface area is 152 Å². The fourth-order valence-corrected chi connectivity index (χ4v) is 3.28. The Balaban J connectivity index is 1.88. The Morgan fingerprint density at radius 2 is 2.20 bits per heavy atom. The molecule has 0 spiro atoms. The molecule has 1 aliphatic heterocycles. The molecule has 1 aromatic carbocycles. The Hall–Kier alpha value is -2.06. The second-order valence-corrected chi connectivity index (χ2v) is 6.33. The molecule has 1 saturated heterocycles. The monoisotopic (exact) mass is 387 g/mol. The summed E-state index contributed by atoms with van der Waals surface area (Å²) in [5, 5.41) is 0.458. The Morgan fingerprint density at radius 3 is 2.88 bits per heavy atom. The zero-order chi connectivity index (χ0) is 18.4. The summed E-state index contributed by atoms with van der Waals surface area (Å²) < 4.78 is 23.2. The summed E-state index contributed by atoms with van der Waals surface area (Å²) in [5.41, 5.74) is -0.316. The third-order valence-electron chi connectivity index (χ3n) is 3.28. The van der Waals surface area contributed by atoms with Crippen molar-refractivity contribution in [2.24, 2.45) is 0 Å². The Bertz CT molecular complexity index is 704. The predicted octanol–water partition coefficient (Wildman–Crippen LogP) is 2.62. The van der Waals surface area contributed by atoms with Crippen molar-refractivity contribution in [3.63, 3.8) is 0 Å². The molecule has 1 fully saturated rings. The normalized spacial score (nSPS) is 15.6. The van der Waals surface area contributed by atoms with Gasteiger partial charge in [0.05, 0.1) is 35.6 Å². The molecule has 1 heterocycles. The largest absolute Gasteiger partial charge is 0.466 e. The third kappa shape index (κ3) is 4.96. The predicted molar refractivity (Wildman–Crippen MR) is 90.6 cm³/mol. The van der Waals surface area contributed by atoms with Crippen molar-refractivity contribution in [2.45, 2.75) is 6.42 Å². The van der Waals surface area contributed by atoms with Crippen molar-refractivity contribution in [2.75, 3.05) is 26.0 Å². The molecule has 0 saturated carbocycles. The minimum atomic E-state index is -0.865. The van der Waals surface area contributed by atoms with E-state index < -0.39 is 17.8 Å². The van der Waals surface area contributed by atoms with Crippen LogP contribution in [0.25, 0.3) is 0 Å². The average Bonchev–Trinajstić information content (AvgIpc) is 2.91. The number of amides is 1. The molecule has 25 heavy (non-hydrogen) atoms. The molecule has 6 nitrogen and oxygen atoms in total. The van der Waals surface area contributed by atoms with Gasteiger partial charge in [0, 0.05) is 6.54 Å². The van der Waals surface area contributed by atoms with Crippen LogP contribution in [-0.2, 0) is 19.1 Å². The molecule has 0 unspecified atom stereocenters. The van der Waals surface area contributed by atoms with E-state index in [1.165, 1.54) is 42.0 Å². The fourth-order valence-electron chi connectivity index (χ4n) is 2.08. The molecule has 1 aromatic rings. The lowest BCUT2D eigenvalue weighted by molar-refractivity contribution is -0.134. The molecule has 2 rings (SSSR count). The van der Waals surface area contributed by atoms with E-state index in [0.717, 1.165) is 6.07 Å². The molecule has 1 amide bonds. The lowest BCUT2D eigenvalue weighted by Crippen LogP contribution is -2.27. The van der Waals surface area contributed by atoms with Crippen LogP contribution in [0.3, 0.4) is 0 Å². The van der Waals surface area contributed by atoms with Crippen molar-refractivity contribution in [1.29, 1.82) is 0 Å². The number of thioether (sulfide) groups is 1. The van der Waals surface area contributed by atoms with E-state index >= 15 is 0 Å². The lowest BCUT2D eigenvalue weighted by Gasteiger charge is -2.16. The van der Waals surface area contributed by atoms with Gasteiger partial charge in [0.2, 0.25) is 5.91 Å². The number of nitrogens with zero attached hydrogens (tertiary/aromatic N) is 1. The number of hydrogen-bond donors (Lipinski definition) is 0. The molecule has 1 aliphatic rings. The van der Waals surface area contributed by atoms with Crippen LogP contribution in [0, 0.1) is 5.82 Å². The summed E-state index contributed by atoms with van der Waals surface area (Å²) in [4.78, 5) is 36.4. The first kappa shape index (κ1) is 19.3. The summed E-state index contributed by atoms with van der Waals surface area (Å²) >= 11 is 7.02. The van der Waals surface area contributed by atoms with Crippen LogP contribution >= 0.6 is 23.4 Å². The maximum Gasteiger partial charge on any atom is 0.342 e. The molecule has 0 aliphatic carbocycles. The highest BCUT2D eigenvalue weighted by atomic mass is 35.5. The zero-order valence-electron chi connectivity index (χ0n) is 13.3. The minimum absolute atomic E-state index is 0.0244. The van der Waals surface area contributed by atoms with Crippen LogP contribution in [-0.4, -0.2) is 48.8 Å². The van der Waals surface area contributed by atoms with Gasteiger partial charge in [0.15, 0.2) is 0 Å². The Kier molecular flexibility index (Phi) is 6.83. The molecular weight excluding hydrogens is 373 g/mol. The van der Waals surface area contributed by atoms with Crippen molar-refractivity contribution in [1.82, 2.24) is 4.90 Å². The standard InChI is InChI=1S/C16H15ClFNO5S/c1-23-14(21)8-13-19(12(20)9-25-13)6-3-7-24-16(22)15-10(17)4-2-5-11(15)18/h2,4-5,8H,3,6-7,9H2,1H3/b13-8+. The number of carbonyl (C=O) groups is 3. The van der Waals surface area contributed by atoms with Crippen molar-refractivity contribution < 1.29 is 28.2 Å². The second-order valence-electron chi connectivity index (χ2n) is 4.93. The molecular formula is C16H15ClFNO5S. The first-order valence-corrected chi connectivity index (χ1v) is 8.64. The summed E-state index contributed by atoms with van der Waals surface area (Å²) in [5.74, 6) is -2.10. The minimum Gasteiger partial charge on any atom is -0.466 e. The number of ether oxygens (including phenoxy) is 2. The summed E-state index contributed by atoms with van der Waals surface area (Å²) in [6.07, 6.45) is 1.56. The van der Waals surface area contributed by atoms with E-state index in [1.54, 1.807) is 0 Å². The molecule has 0 N–H and O–H groups in total. The average molecular weight is 388 g/mol. The van der Waals surface area contributed by atoms with Gasteiger partial charge in [-0.25, -0.2) is 14.0 Å². The van der Waals surface area contributed by atoms with Gasteiger partial charge in [-0.05, 0) is 18.6 Å². The molecule has 134 valence electrons. The number of carbonyl (C=O) groups excluding carboxylic acids is 3. The van der Waals surface area contributed by atoms with Crippen LogP contribution in [0.4, 0.5) is 4.39 Å². The van der Waals surface area contributed by atoms with Crippen molar-refractivity contribution >= 4 is 41.2 Å². The van der Waals surface area contributed by atoms with Gasteiger partial charge in [-0.1, -0.05) is 29.4 Å². The van der Waals surface area contributed by atoms with Crippen LogP contribution < -0.4 is 0 Å². The number of benzene rings is 1. The number of hydrogen-bond acceptors (Lipinski definition) is 6. The highest BCUT2D eigenvalue weighted by Crippen LogP contribution is 2.29. The summed E-state index contributed by atoms with van der Waals surface area (Å²) in [7, 11) is 1.25. The quantitative estimate of drug-likeness (QED) is 0.424.